The van der Waals surface area contributed by atoms with Crippen molar-refractivity contribution in [1.82, 2.24) is 4.72 Å². The molecule has 1 aromatic rings. The van der Waals surface area contributed by atoms with Crippen LogP contribution in [0.25, 0.3) is 0 Å². The predicted octanol–water partition coefficient (Wildman–Crippen LogP) is 2.76. The highest BCUT2D eigenvalue weighted by atomic mass is 79.9. The van der Waals surface area contributed by atoms with Crippen LogP contribution >= 0.6 is 27.5 Å². The first kappa shape index (κ1) is 18.7. The van der Waals surface area contributed by atoms with Crippen LogP contribution in [0.4, 0.5) is 5.69 Å². The predicted molar refractivity (Wildman–Crippen MR) is 88.8 cm³/mol. The molecule has 21 heavy (non-hydrogen) atoms. The Hall–Kier alpha value is -0.340. The molecule has 0 fully saturated rings. The zero-order valence-corrected chi connectivity index (χ0v) is 15.3. The summed E-state index contributed by atoms with van der Waals surface area (Å²) < 4.78 is 27.3. The second kappa shape index (κ2) is 6.83. The molecule has 0 heterocycles. The molecule has 0 saturated carbocycles. The monoisotopic (exact) mass is 398 g/mol. The van der Waals surface area contributed by atoms with Gasteiger partial charge >= 0.3 is 0 Å². The van der Waals surface area contributed by atoms with Crippen LogP contribution in [0.1, 0.15) is 27.2 Å². The number of rotatable bonds is 6. The summed E-state index contributed by atoms with van der Waals surface area (Å²) in [6.45, 7) is 5.41. The number of nitrogen functional groups attached to an aromatic ring is 1. The molecule has 4 N–H and O–H groups in total. The fourth-order valence-corrected chi connectivity index (χ4v) is 4.51. The standard InChI is InChI=1S/C13H20BrClN2O3S/c1-8(2)6-13(3,18)7-17-21(19,20)11-5-9(15)4-10(16)12(11)14/h4-5,8,17-18H,6-7,16H2,1-3H3. The van der Waals surface area contributed by atoms with Crippen molar-refractivity contribution >= 4 is 43.2 Å². The molecule has 8 heteroatoms. The van der Waals surface area contributed by atoms with Gasteiger partial charge in [0, 0.05) is 17.3 Å². The Balaban J connectivity index is 2.98. The third kappa shape index (κ3) is 5.41. The van der Waals surface area contributed by atoms with Crippen molar-refractivity contribution in [2.75, 3.05) is 12.3 Å². The first-order valence-corrected chi connectivity index (χ1v) is 9.06. The Morgan fingerprint density at radius 2 is 2.05 bits per heavy atom. The van der Waals surface area contributed by atoms with Crippen molar-refractivity contribution in [1.29, 1.82) is 0 Å². The lowest BCUT2D eigenvalue weighted by molar-refractivity contribution is 0.0437. The average molecular weight is 400 g/mol. The zero-order valence-electron chi connectivity index (χ0n) is 12.2. The number of sulfonamides is 1. The summed E-state index contributed by atoms with van der Waals surface area (Å²) in [7, 11) is -3.83. The van der Waals surface area contributed by atoms with Gasteiger partial charge in [0.1, 0.15) is 0 Å². The highest BCUT2D eigenvalue weighted by Gasteiger charge is 2.27. The first-order chi connectivity index (χ1) is 9.44. The van der Waals surface area contributed by atoms with E-state index in [0.717, 1.165) is 0 Å². The maximum atomic E-state index is 12.3. The van der Waals surface area contributed by atoms with Crippen molar-refractivity contribution in [3.8, 4) is 0 Å². The molecular weight excluding hydrogens is 380 g/mol. The van der Waals surface area contributed by atoms with Gasteiger partial charge in [0.05, 0.1) is 15.0 Å². The van der Waals surface area contributed by atoms with Crippen LogP contribution in [0.3, 0.4) is 0 Å². The van der Waals surface area contributed by atoms with Gasteiger partial charge in [0.2, 0.25) is 10.0 Å². The normalized spacial score (nSPS) is 15.2. The Bertz CT molecular complexity index is 618. The zero-order chi connectivity index (χ0) is 16.4. The van der Waals surface area contributed by atoms with Gasteiger partial charge in [-0.25, -0.2) is 13.1 Å². The maximum absolute atomic E-state index is 12.3. The SMILES string of the molecule is CC(C)CC(C)(O)CNS(=O)(=O)c1cc(Cl)cc(N)c1Br. The number of hydrogen-bond acceptors (Lipinski definition) is 4. The fourth-order valence-electron chi connectivity index (χ4n) is 2.06. The lowest BCUT2D eigenvalue weighted by atomic mass is 9.95. The van der Waals surface area contributed by atoms with Crippen molar-refractivity contribution in [3.63, 3.8) is 0 Å². The number of nitrogens with two attached hydrogens (primary N) is 1. The second-order valence-electron chi connectivity index (χ2n) is 5.73. The molecule has 1 rings (SSSR count). The van der Waals surface area contributed by atoms with E-state index in [-0.39, 0.29) is 32.5 Å². The Labute approximate surface area is 139 Å². The van der Waals surface area contributed by atoms with Gasteiger partial charge in [-0.1, -0.05) is 25.4 Å². The summed E-state index contributed by atoms with van der Waals surface area (Å²) >= 11 is 8.99. The van der Waals surface area contributed by atoms with Gasteiger partial charge in [-0.3, -0.25) is 0 Å². The number of anilines is 1. The number of nitrogens with one attached hydrogen (secondary N) is 1. The molecule has 0 aliphatic rings. The molecule has 0 bridgehead atoms. The van der Waals surface area contributed by atoms with E-state index < -0.39 is 15.6 Å². The quantitative estimate of drug-likeness (QED) is 0.641. The van der Waals surface area contributed by atoms with E-state index in [4.69, 9.17) is 17.3 Å². The van der Waals surface area contributed by atoms with Gasteiger partial charge in [-0.05, 0) is 47.3 Å². The summed E-state index contributed by atoms with van der Waals surface area (Å²) in [6.07, 6.45) is 0.481. The van der Waals surface area contributed by atoms with Gasteiger partial charge in [0.15, 0.2) is 0 Å². The van der Waals surface area contributed by atoms with E-state index in [1.807, 2.05) is 13.8 Å². The van der Waals surface area contributed by atoms with E-state index in [2.05, 4.69) is 20.7 Å². The van der Waals surface area contributed by atoms with E-state index in [9.17, 15) is 13.5 Å². The molecule has 1 unspecified atom stereocenters. The number of halogens is 2. The van der Waals surface area contributed by atoms with Gasteiger partial charge in [0.25, 0.3) is 0 Å². The molecule has 1 atom stereocenters. The van der Waals surface area contributed by atoms with E-state index >= 15 is 0 Å². The fraction of sp³-hybridized carbons (Fsp3) is 0.538. The smallest absolute Gasteiger partial charge is 0.241 e. The minimum Gasteiger partial charge on any atom is -0.398 e. The average Bonchev–Trinajstić information content (AvgIpc) is 2.30. The molecule has 0 radical (unpaired) electrons. The van der Waals surface area contributed by atoms with E-state index in [0.29, 0.717) is 6.42 Å². The van der Waals surface area contributed by atoms with Crippen LogP contribution in [-0.2, 0) is 10.0 Å². The molecular formula is C13H20BrClN2O3S. The highest BCUT2D eigenvalue weighted by Crippen LogP contribution is 2.31. The number of aliphatic hydroxyl groups is 1. The highest BCUT2D eigenvalue weighted by molar-refractivity contribution is 9.10. The van der Waals surface area contributed by atoms with Gasteiger partial charge in [-0.2, -0.15) is 0 Å². The molecule has 0 saturated heterocycles. The third-order valence-corrected chi connectivity index (χ3v) is 5.60. The minimum atomic E-state index is -3.83. The topological polar surface area (TPSA) is 92.4 Å². The van der Waals surface area contributed by atoms with Crippen LogP contribution in [0.15, 0.2) is 21.5 Å². The molecule has 5 nitrogen and oxygen atoms in total. The third-order valence-electron chi connectivity index (χ3n) is 2.81. The maximum Gasteiger partial charge on any atom is 0.241 e. The largest absolute Gasteiger partial charge is 0.398 e. The molecule has 1 aromatic carbocycles. The van der Waals surface area contributed by atoms with Crippen molar-refractivity contribution in [3.05, 3.63) is 21.6 Å². The molecule has 0 amide bonds. The van der Waals surface area contributed by atoms with Crippen molar-refractivity contribution < 1.29 is 13.5 Å². The van der Waals surface area contributed by atoms with Gasteiger partial charge < -0.3 is 10.8 Å². The van der Waals surface area contributed by atoms with Crippen molar-refractivity contribution in [2.45, 2.75) is 37.7 Å². The number of hydrogen-bond donors (Lipinski definition) is 3. The van der Waals surface area contributed by atoms with Crippen LogP contribution in [0.2, 0.25) is 5.02 Å². The Morgan fingerprint density at radius 1 is 1.48 bits per heavy atom. The van der Waals surface area contributed by atoms with Crippen LogP contribution < -0.4 is 10.5 Å². The minimum absolute atomic E-state index is 0.0483. The molecule has 0 spiro atoms. The van der Waals surface area contributed by atoms with E-state index in [1.165, 1.54) is 12.1 Å². The summed E-state index contributed by atoms with van der Waals surface area (Å²) in [5.74, 6) is 0.248. The van der Waals surface area contributed by atoms with Crippen LogP contribution in [0.5, 0.6) is 0 Å². The summed E-state index contributed by atoms with van der Waals surface area (Å²) in [5, 5.41) is 10.4. The summed E-state index contributed by atoms with van der Waals surface area (Å²) in [6, 6.07) is 2.76. The Morgan fingerprint density at radius 3 is 2.57 bits per heavy atom. The molecule has 0 aliphatic heterocycles. The van der Waals surface area contributed by atoms with Crippen molar-refractivity contribution in [2.24, 2.45) is 5.92 Å². The van der Waals surface area contributed by atoms with E-state index in [1.54, 1.807) is 6.92 Å². The molecule has 0 aliphatic carbocycles. The summed E-state index contributed by atoms with van der Waals surface area (Å²) in [5.41, 5.74) is 4.80. The molecule has 0 aromatic heterocycles. The van der Waals surface area contributed by atoms with Crippen LogP contribution in [0, 0.1) is 5.92 Å². The van der Waals surface area contributed by atoms with Gasteiger partial charge in [-0.15, -0.1) is 0 Å². The summed E-state index contributed by atoms with van der Waals surface area (Å²) in [4.78, 5) is -0.0483. The first-order valence-electron chi connectivity index (χ1n) is 6.41. The van der Waals surface area contributed by atoms with Crippen LogP contribution in [-0.4, -0.2) is 25.7 Å². The number of benzene rings is 1. The lowest BCUT2D eigenvalue weighted by Crippen LogP contribution is -2.41. The second-order valence-corrected chi connectivity index (χ2v) is 8.69. The Kier molecular flexibility index (Phi) is 6.08. The lowest BCUT2D eigenvalue weighted by Gasteiger charge is -2.25. The molecule has 120 valence electrons.